The van der Waals surface area contributed by atoms with Crippen LogP contribution in [0.4, 0.5) is 0 Å². The number of para-hydroxylation sites is 1. The Morgan fingerprint density at radius 1 is 0.323 bits per heavy atom. The lowest BCUT2D eigenvalue weighted by Crippen LogP contribution is -2.05. The minimum absolute atomic E-state index is 0.446. The van der Waals surface area contributed by atoms with E-state index in [-0.39, 0.29) is 0 Å². The predicted octanol–water partition coefficient (Wildman–Crippen LogP) is 13.8. The molecule has 3 heterocycles. The number of aromatic nitrogens is 5. The number of benzene rings is 8. The molecule has 3 aromatic heterocycles. The second kappa shape index (κ2) is 16.5. The molecule has 0 amide bonds. The van der Waals surface area contributed by atoms with Crippen LogP contribution in [0.25, 0.3) is 106 Å². The molecule has 0 saturated heterocycles. The van der Waals surface area contributed by atoms with E-state index < -0.39 is 0 Å². The molecule has 0 atom stereocenters. The van der Waals surface area contributed by atoms with Crippen LogP contribution in [0, 0.1) is 22.7 Å². The molecule has 65 heavy (non-hydrogen) atoms. The average Bonchev–Trinajstić information content (AvgIpc) is 3.72. The van der Waals surface area contributed by atoms with Crippen molar-refractivity contribution in [3.8, 4) is 96.8 Å². The van der Waals surface area contributed by atoms with E-state index in [4.69, 9.17) is 19.9 Å². The normalized spacial score (nSPS) is 11.0. The third kappa shape index (κ3) is 7.26. The molecule has 7 nitrogen and oxygen atoms in total. The molecule has 7 heteroatoms. The zero-order chi connectivity index (χ0) is 43.7. The zero-order valence-electron chi connectivity index (χ0n) is 34.8. The Labute approximate surface area is 375 Å². The summed E-state index contributed by atoms with van der Waals surface area (Å²) in [6, 6.07) is 75.4. The predicted molar refractivity (Wildman–Crippen MR) is 259 cm³/mol. The summed E-state index contributed by atoms with van der Waals surface area (Å²) >= 11 is 0. The third-order valence-electron chi connectivity index (χ3n) is 11.7. The summed E-state index contributed by atoms with van der Waals surface area (Å²) in [6.07, 6.45) is 0. The Kier molecular flexibility index (Phi) is 9.82. The Bertz CT molecular complexity index is 3400. The van der Waals surface area contributed by atoms with Crippen molar-refractivity contribution in [3.63, 3.8) is 0 Å². The summed E-state index contributed by atoms with van der Waals surface area (Å²) in [5, 5.41) is 22.7. The molecule has 0 fully saturated rings. The molecule has 0 aliphatic rings. The van der Waals surface area contributed by atoms with Gasteiger partial charge >= 0.3 is 0 Å². The lowest BCUT2D eigenvalue weighted by atomic mass is 9.95. The lowest BCUT2D eigenvalue weighted by Gasteiger charge is -2.20. The number of nitrogens with zero attached hydrogens (tertiary/aromatic N) is 7. The van der Waals surface area contributed by atoms with Gasteiger partial charge in [-0.25, -0.2) is 19.9 Å². The molecular weight excluding hydrogens is 795 g/mol. The number of fused-ring (bicyclic) bond motifs is 3. The van der Waals surface area contributed by atoms with E-state index >= 15 is 0 Å². The summed E-state index contributed by atoms with van der Waals surface area (Å²) in [5.74, 6) is 1.12. The zero-order valence-corrected chi connectivity index (χ0v) is 34.8. The molecule has 0 aliphatic carbocycles. The number of nitriles is 2. The van der Waals surface area contributed by atoms with Crippen molar-refractivity contribution in [2.75, 3.05) is 0 Å². The van der Waals surface area contributed by atoms with Gasteiger partial charge in [-0.2, -0.15) is 10.5 Å². The second-order valence-corrected chi connectivity index (χ2v) is 15.7. The van der Waals surface area contributed by atoms with Gasteiger partial charge in [0.25, 0.3) is 0 Å². The molecule has 0 N–H and O–H groups in total. The first-order valence-corrected chi connectivity index (χ1v) is 21.2. The molecule has 11 rings (SSSR count). The first kappa shape index (κ1) is 38.6. The summed E-state index contributed by atoms with van der Waals surface area (Å²) < 4.78 is 2.28. The Morgan fingerprint density at radius 2 is 0.769 bits per heavy atom. The molecule has 8 aromatic carbocycles. The quantitative estimate of drug-likeness (QED) is 0.151. The summed E-state index contributed by atoms with van der Waals surface area (Å²) in [6.45, 7) is 0. The maximum atomic E-state index is 10.9. The van der Waals surface area contributed by atoms with Crippen LogP contribution in [0.3, 0.4) is 0 Å². The third-order valence-corrected chi connectivity index (χ3v) is 11.7. The number of hydrogen-bond donors (Lipinski definition) is 0. The molecule has 0 radical (unpaired) electrons. The molecule has 0 saturated carbocycles. The van der Waals surface area contributed by atoms with E-state index in [1.807, 2.05) is 170 Å². The molecule has 0 aliphatic heterocycles. The fraction of sp³-hybridized carbons (Fsp3) is 0. The van der Waals surface area contributed by atoms with Crippen LogP contribution in [-0.2, 0) is 0 Å². The standard InChI is InChI=1S/C58H35N7/c59-36-38-16-15-25-44(30-38)45-28-29-55-47(33-45)46-26-13-14-27-54(46)65(55)56-48(52-34-50(40-17-5-1-6-18-40)61-57(63-52)42-21-9-3-10-22-42)31-39(37-60)32-49(56)53-35-51(41-19-7-2-8-20-41)62-58(64-53)43-23-11-4-12-24-43/h1-35H. The minimum atomic E-state index is 0.446. The smallest absolute Gasteiger partial charge is 0.160 e. The van der Waals surface area contributed by atoms with Crippen molar-refractivity contribution in [1.29, 1.82) is 10.5 Å². The van der Waals surface area contributed by atoms with Crippen molar-refractivity contribution < 1.29 is 0 Å². The Morgan fingerprint density at radius 3 is 1.31 bits per heavy atom. The van der Waals surface area contributed by atoms with Gasteiger partial charge in [-0.3, -0.25) is 0 Å². The van der Waals surface area contributed by atoms with Crippen molar-refractivity contribution in [3.05, 3.63) is 223 Å². The van der Waals surface area contributed by atoms with Crippen LogP contribution in [0.2, 0.25) is 0 Å². The molecule has 302 valence electrons. The first-order valence-electron chi connectivity index (χ1n) is 21.2. The van der Waals surface area contributed by atoms with Gasteiger partial charge in [-0.15, -0.1) is 0 Å². The highest BCUT2D eigenvalue weighted by atomic mass is 15.0. The van der Waals surface area contributed by atoms with E-state index in [1.54, 1.807) is 0 Å². The molecule has 0 unspecified atom stereocenters. The Balaban J connectivity index is 1.28. The van der Waals surface area contributed by atoms with Gasteiger partial charge in [0.15, 0.2) is 11.6 Å². The van der Waals surface area contributed by atoms with Gasteiger partial charge in [0.05, 0.1) is 62.8 Å². The number of rotatable bonds is 8. The lowest BCUT2D eigenvalue weighted by molar-refractivity contribution is 1.14. The van der Waals surface area contributed by atoms with Crippen LogP contribution in [-0.4, -0.2) is 24.5 Å². The summed E-state index contributed by atoms with van der Waals surface area (Å²) in [5.41, 5.74) is 13.5. The highest BCUT2D eigenvalue weighted by Crippen LogP contribution is 2.44. The van der Waals surface area contributed by atoms with E-state index in [2.05, 4.69) is 59.2 Å². The topological polar surface area (TPSA) is 104 Å². The monoisotopic (exact) mass is 829 g/mol. The van der Waals surface area contributed by atoms with Gasteiger partial charge in [0.1, 0.15) is 0 Å². The first-order chi connectivity index (χ1) is 32.1. The van der Waals surface area contributed by atoms with Gasteiger partial charge in [-0.1, -0.05) is 158 Å². The Hall–Kier alpha value is -9.30. The van der Waals surface area contributed by atoms with Gasteiger partial charge in [-0.05, 0) is 65.7 Å². The molecular formula is C58H35N7. The fourth-order valence-electron chi connectivity index (χ4n) is 8.61. The summed E-state index contributed by atoms with van der Waals surface area (Å²) in [4.78, 5) is 21.0. The van der Waals surface area contributed by atoms with Crippen LogP contribution >= 0.6 is 0 Å². The van der Waals surface area contributed by atoms with E-state index in [0.717, 1.165) is 83.4 Å². The van der Waals surface area contributed by atoms with Crippen molar-refractivity contribution in [2.45, 2.75) is 0 Å². The van der Waals surface area contributed by atoms with Crippen molar-refractivity contribution in [1.82, 2.24) is 24.5 Å². The summed E-state index contributed by atoms with van der Waals surface area (Å²) in [7, 11) is 0. The SMILES string of the molecule is N#Cc1cccc(-c2ccc3c(c2)c2ccccc2n3-c2c(-c3cc(-c4ccccc4)nc(-c4ccccc4)n3)cc(C#N)cc2-c2cc(-c3ccccc3)nc(-c3ccccc3)n2)c1. The fourth-order valence-corrected chi connectivity index (χ4v) is 8.61. The van der Waals surface area contributed by atoms with Crippen LogP contribution in [0.15, 0.2) is 212 Å². The van der Waals surface area contributed by atoms with E-state index in [1.165, 1.54) is 0 Å². The highest BCUT2D eigenvalue weighted by molar-refractivity contribution is 6.12. The average molecular weight is 830 g/mol. The van der Waals surface area contributed by atoms with Crippen LogP contribution < -0.4 is 0 Å². The van der Waals surface area contributed by atoms with Crippen LogP contribution in [0.1, 0.15) is 11.1 Å². The van der Waals surface area contributed by atoms with Gasteiger partial charge in [0.2, 0.25) is 0 Å². The van der Waals surface area contributed by atoms with Crippen molar-refractivity contribution >= 4 is 21.8 Å². The maximum absolute atomic E-state index is 10.9. The van der Waals surface area contributed by atoms with Gasteiger partial charge in [0, 0.05) is 44.2 Å². The van der Waals surface area contributed by atoms with E-state index in [0.29, 0.717) is 34.2 Å². The highest BCUT2D eigenvalue weighted by Gasteiger charge is 2.25. The van der Waals surface area contributed by atoms with E-state index in [9.17, 15) is 10.5 Å². The second-order valence-electron chi connectivity index (χ2n) is 15.7. The molecule has 11 aromatic rings. The van der Waals surface area contributed by atoms with Crippen LogP contribution in [0.5, 0.6) is 0 Å². The van der Waals surface area contributed by atoms with Gasteiger partial charge < -0.3 is 4.57 Å². The largest absolute Gasteiger partial charge is 0.308 e. The number of hydrogen-bond acceptors (Lipinski definition) is 6. The van der Waals surface area contributed by atoms with Crippen molar-refractivity contribution in [2.24, 2.45) is 0 Å². The molecule has 0 spiro atoms. The molecule has 0 bridgehead atoms. The minimum Gasteiger partial charge on any atom is -0.308 e. The maximum Gasteiger partial charge on any atom is 0.160 e.